The predicted molar refractivity (Wildman–Crippen MR) is 106 cm³/mol. The molecule has 0 saturated heterocycles. The van der Waals surface area contributed by atoms with Crippen molar-refractivity contribution in [1.82, 2.24) is 9.29 Å². The first-order valence-electron chi connectivity index (χ1n) is 8.53. The molecule has 0 unspecified atom stereocenters. The number of ether oxygens (including phenoxy) is 2. The summed E-state index contributed by atoms with van der Waals surface area (Å²) in [4.78, 5) is 0.293. The van der Waals surface area contributed by atoms with Crippen LogP contribution in [0.4, 0.5) is 0 Å². The third kappa shape index (κ3) is 3.65. The fraction of sp³-hybridized carbons (Fsp3) is 0.300. The summed E-state index contributed by atoms with van der Waals surface area (Å²) in [6, 6.07) is 9.22. The van der Waals surface area contributed by atoms with Crippen molar-refractivity contribution >= 4 is 20.9 Å². The standard InChI is InChI=1S/C20H24N2O4S/c1-13-8-17(26-5)9-14(2)20(13)27(23,24)21-11-15-12-22(3)19-7-6-16(25-4)10-18(15)19/h6-10,12,21H,11H2,1-5H3. The lowest BCUT2D eigenvalue weighted by Crippen LogP contribution is -2.24. The molecule has 144 valence electrons. The van der Waals surface area contributed by atoms with E-state index in [1.807, 2.05) is 36.0 Å². The monoisotopic (exact) mass is 388 g/mol. The number of methoxy groups -OCH3 is 2. The van der Waals surface area contributed by atoms with Gasteiger partial charge in [0.1, 0.15) is 11.5 Å². The summed E-state index contributed by atoms with van der Waals surface area (Å²) in [5, 5.41) is 0.961. The number of rotatable bonds is 6. The molecule has 0 fully saturated rings. The summed E-state index contributed by atoms with van der Waals surface area (Å²) in [5.74, 6) is 1.38. The van der Waals surface area contributed by atoms with Gasteiger partial charge < -0.3 is 14.0 Å². The van der Waals surface area contributed by atoms with Gasteiger partial charge >= 0.3 is 0 Å². The maximum Gasteiger partial charge on any atom is 0.241 e. The summed E-state index contributed by atoms with van der Waals surface area (Å²) in [6.45, 7) is 3.73. The van der Waals surface area contributed by atoms with Gasteiger partial charge in [-0.15, -0.1) is 0 Å². The van der Waals surface area contributed by atoms with E-state index in [0.29, 0.717) is 21.8 Å². The molecule has 0 bridgehead atoms. The minimum Gasteiger partial charge on any atom is -0.497 e. The zero-order valence-corrected chi connectivity index (χ0v) is 17.0. The molecule has 0 amide bonds. The molecule has 3 rings (SSSR count). The third-order valence-electron chi connectivity index (χ3n) is 4.67. The second kappa shape index (κ2) is 7.25. The van der Waals surface area contributed by atoms with Gasteiger partial charge in [0.2, 0.25) is 10.0 Å². The summed E-state index contributed by atoms with van der Waals surface area (Å²) in [7, 11) is 1.45. The number of hydrogen-bond donors (Lipinski definition) is 1. The number of hydrogen-bond acceptors (Lipinski definition) is 4. The zero-order valence-electron chi connectivity index (χ0n) is 16.2. The molecule has 2 aromatic carbocycles. The van der Waals surface area contributed by atoms with Crippen molar-refractivity contribution in [2.75, 3.05) is 14.2 Å². The van der Waals surface area contributed by atoms with Crippen LogP contribution in [0.1, 0.15) is 16.7 Å². The zero-order chi connectivity index (χ0) is 19.8. The molecule has 6 nitrogen and oxygen atoms in total. The molecule has 7 heteroatoms. The van der Waals surface area contributed by atoms with Gasteiger partial charge in [0, 0.05) is 30.7 Å². The average molecular weight is 388 g/mol. The van der Waals surface area contributed by atoms with Crippen molar-refractivity contribution in [2.24, 2.45) is 7.05 Å². The van der Waals surface area contributed by atoms with E-state index in [2.05, 4.69) is 4.72 Å². The Morgan fingerprint density at radius 3 is 2.22 bits per heavy atom. The Morgan fingerprint density at radius 2 is 1.63 bits per heavy atom. The molecular weight excluding hydrogens is 364 g/mol. The Bertz CT molecular complexity index is 1080. The van der Waals surface area contributed by atoms with Crippen LogP contribution >= 0.6 is 0 Å². The molecule has 0 radical (unpaired) electrons. The van der Waals surface area contributed by atoms with Crippen LogP contribution in [0.25, 0.3) is 10.9 Å². The van der Waals surface area contributed by atoms with Crippen LogP contribution in [-0.2, 0) is 23.6 Å². The average Bonchev–Trinajstić information content (AvgIpc) is 2.94. The van der Waals surface area contributed by atoms with Crippen LogP contribution in [0, 0.1) is 13.8 Å². The minimum atomic E-state index is -3.67. The van der Waals surface area contributed by atoms with Crippen molar-refractivity contribution in [3.8, 4) is 11.5 Å². The maximum absolute atomic E-state index is 12.9. The number of fused-ring (bicyclic) bond motifs is 1. The maximum atomic E-state index is 12.9. The largest absolute Gasteiger partial charge is 0.497 e. The Kier molecular flexibility index (Phi) is 5.17. The lowest BCUT2D eigenvalue weighted by Gasteiger charge is -2.13. The van der Waals surface area contributed by atoms with Gasteiger partial charge in [0.15, 0.2) is 0 Å². The summed E-state index contributed by atoms with van der Waals surface area (Å²) < 4.78 is 41.1. The highest BCUT2D eigenvalue weighted by Crippen LogP contribution is 2.28. The van der Waals surface area contributed by atoms with E-state index in [1.54, 1.807) is 40.2 Å². The molecule has 3 aromatic rings. The van der Waals surface area contributed by atoms with Crippen molar-refractivity contribution < 1.29 is 17.9 Å². The molecule has 27 heavy (non-hydrogen) atoms. The van der Waals surface area contributed by atoms with Gasteiger partial charge in [-0.2, -0.15) is 0 Å². The van der Waals surface area contributed by atoms with E-state index in [-0.39, 0.29) is 6.54 Å². The highest BCUT2D eigenvalue weighted by atomic mass is 32.2. The Labute approximate surface area is 159 Å². The lowest BCUT2D eigenvalue weighted by atomic mass is 10.1. The number of aromatic nitrogens is 1. The molecule has 0 aliphatic carbocycles. The molecule has 1 aromatic heterocycles. The van der Waals surface area contributed by atoms with Gasteiger partial charge in [-0.25, -0.2) is 13.1 Å². The SMILES string of the molecule is COc1cc(C)c(S(=O)(=O)NCc2cn(C)c3ccc(OC)cc23)c(C)c1. The molecule has 0 spiro atoms. The first-order chi connectivity index (χ1) is 12.8. The number of sulfonamides is 1. The second-order valence-corrected chi connectivity index (χ2v) is 8.27. The van der Waals surface area contributed by atoms with E-state index in [1.165, 1.54) is 0 Å². The van der Waals surface area contributed by atoms with Gasteiger partial charge in [-0.3, -0.25) is 0 Å². The predicted octanol–water partition coefficient (Wildman–Crippen LogP) is 3.29. The Balaban J connectivity index is 1.94. The summed E-state index contributed by atoms with van der Waals surface area (Å²) >= 11 is 0. The molecule has 1 N–H and O–H groups in total. The number of nitrogens with zero attached hydrogens (tertiary/aromatic N) is 1. The Morgan fingerprint density at radius 1 is 1.00 bits per heavy atom. The molecule has 0 saturated carbocycles. The smallest absolute Gasteiger partial charge is 0.241 e. The molecule has 0 aliphatic rings. The van der Waals surface area contributed by atoms with Crippen LogP contribution in [0.15, 0.2) is 41.4 Å². The quantitative estimate of drug-likeness (QED) is 0.703. The van der Waals surface area contributed by atoms with Crippen LogP contribution in [0.3, 0.4) is 0 Å². The highest BCUT2D eigenvalue weighted by molar-refractivity contribution is 7.89. The van der Waals surface area contributed by atoms with Crippen LogP contribution in [0.5, 0.6) is 11.5 Å². The minimum absolute atomic E-state index is 0.192. The van der Waals surface area contributed by atoms with E-state index in [0.717, 1.165) is 22.2 Å². The van der Waals surface area contributed by atoms with Gasteiger partial charge in [-0.1, -0.05) is 0 Å². The molecule has 1 heterocycles. The van der Waals surface area contributed by atoms with Crippen LogP contribution < -0.4 is 14.2 Å². The van der Waals surface area contributed by atoms with Crippen LogP contribution in [-0.4, -0.2) is 27.2 Å². The number of nitrogens with one attached hydrogen (secondary N) is 1. The number of aryl methyl sites for hydroxylation is 3. The lowest BCUT2D eigenvalue weighted by molar-refractivity contribution is 0.413. The fourth-order valence-electron chi connectivity index (χ4n) is 3.42. The van der Waals surface area contributed by atoms with E-state index in [4.69, 9.17) is 9.47 Å². The summed E-state index contributed by atoms with van der Waals surface area (Å²) in [6.07, 6.45) is 1.93. The van der Waals surface area contributed by atoms with Gasteiger partial charge in [0.05, 0.1) is 19.1 Å². The second-order valence-electron chi connectivity index (χ2n) is 6.56. The van der Waals surface area contributed by atoms with E-state index in [9.17, 15) is 8.42 Å². The molecule has 0 atom stereocenters. The van der Waals surface area contributed by atoms with E-state index < -0.39 is 10.0 Å². The topological polar surface area (TPSA) is 69.6 Å². The van der Waals surface area contributed by atoms with E-state index >= 15 is 0 Å². The molecule has 0 aliphatic heterocycles. The normalized spacial score (nSPS) is 11.7. The third-order valence-corrected chi connectivity index (χ3v) is 6.38. The van der Waals surface area contributed by atoms with Crippen LogP contribution in [0.2, 0.25) is 0 Å². The van der Waals surface area contributed by atoms with Crippen molar-refractivity contribution in [2.45, 2.75) is 25.3 Å². The fourth-order valence-corrected chi connectivity index (χ4v) is 4.87. The Hall–Kier alpha value is -2.51. The molecular formula is C20H24N2O4S. The first kappa shape index (κ1) is 19.3. The van der Waals surface area contributed by atoms with Crippen molar-refractivity contribution in [3.05, 3.63) is 53.2 Å². The number of benzene rings is 2. The van der Waals surface area contributed by atoms with Gasteiger partial charge in [-0.05, 0) is 60.9 Å². The van der Waals surface area contributed by atoms with Gasteiger partial charge in [0.25, 0.3) is 0 Å². The van der Waals surface area contributed by atoms with Crippen molar-refractivity contribution in [1.29, 1.82) is 0 Å². The highest BCUT2D eigenvalue weighted by Gasteiger charge is 2.21. The first-order valence-corrected chi connectivity index (χ1v) is 10.0. The van der Waals surface area contributed by atoms with Crippen molar-refractivity contribution in [3.63, 3.8) is 0 Å². The summed E-state index contributed by atoms with van der Waals surface area (Å²) in [5.41, 5.74) is 3.21.